The summed E-state index contributed by atoms with van der Waals surface area (Å²) < 4.78 is 26.7. The Hall–Kier alpha value is -0.910. The van der Waals surface area contributed by atoms with Crippen LogP contribution < -0.4 is 10.0 Å². The fourth-order valence-corrected chi connectivity index (χ4v) is 3.34. The lowest BCUT2D eigenvalue weighted by Crippen LogP contribution is -2.26. The molecule has 1 fully saturated rings. The van der Waals surface area contributed by atoms with E-state index in [2.05, 4.69) is 17.0 Å². The molecule has 5 heteroatoms. The SMILES string of the molecule is CCNCc1cccc(CS(=O)(=O)NCCC2CC2)c1. The van der Waals surface area contributed by atoms with Gasteiger partial charge in [-0.2, -0.15) is 0 Å². The van der Waals surface area contributed by atoms with E-state index >= 15 is 0 Å². The Morgan fingerprint density at radius 2 is 2.00 bits per heavy atom. The maximum atomic E-state index is 12.0. The van der Waals surface area contributed by atoms with Crippen LogP contribution in [0.2, 0.25) is 0 Å². The van der Waals surface area contributed by atoms with Gasteiger partial charge in [-0.15, -0.1) is 0 Å². The van der Waals surface area contributed by atoms with Crippen molar-refractivity contribution >= 4 is 10.0 Å². The topological polar surface area (TPSA) is 58.2 Å². The van der Waals surface area contributed by atoms with Gasteiger partial charge < -0.3 is 5.32 Å². The lowest BCUT2D eigenvalue weighted by molar-refractivity contribution is 0.574. The van der Waals surface area contributed by atoms with E-state index in [4.69, 9.17) is 0 Å². The largest absolute Gasteiger partial charge is 0.313 e. The molecule has 0 heterocycles. The van der Waals surface area contributed by atoms with Gasteiger partial charge in [0.1, 0.15) is 0 Å². The molecule has 0 atom stereocenters. The maximum Gasteiger partial charge on any atom is 0.215 e. The predicted molar refractivity (Wildman–Crippen MR) is 81.8 cm³/mol. The molecule has 0 amide bonds. The van der Waals surface area contributed by atoms with Gasteiger partial charge in [0.25, 0.3) is 0 Å². The van der Waals surface area contributed by atoms with Crippen LogP contribution in [0, 0.1) is 5.92 Å². The van der Waals surface area contributed by atoms with Crippen molar-refractivity contribution in [2.24, 2.45) is 5.92 Å². The molecule has 1 aromatic carbocycles. The second kappa shape index (κ2) is 7.20. The van der Waals surface area contributed by atoms with Crippen LogP contribution in [0.5, 0.6) is 0 Å². The minimum absolute atomic E-state index is 0.0671. The van der Waals surface area contributed by atoms with Gasteiger partial charge >= 0.3 is 0 Å². The van der Waals surface area contributed by atoms with Crippen molar-refractivity contribution in [1.82, 2.24) is 10.0 Å². The molecule has 2 rings (SSSR count). The molecule has 0 aromatic heterocycles. The van der Waals surface area contributed by atoms with Gasteiger partial charge in [0.15, 0.2) is 0 Å². The van der Waals surface area contributed by atoms with Gasteiger partial charge in [-0.3, -0.25) is 0 Å². The van der Waals surface area contributed by atoms with Crippen LogP contribution >= 0.6 is 0 Å². The van der Waals surface area contributed by atoms with Crippen molar-refractivity contribution in [2.75, 3.05) is 13.1 Å². The van der Waals surface area contributed by atoms with Crippen molar-refractivity contribution in [3.8, 4) is 0 Å². The smallest absolute Gasteiger partial charge is 0.215 e. The van der Waals surface area contributed by atoms with Crippen LogP contribution in [-0.2, 0) is 22.3 Å². The summed E-state index contributed by atoms with van der Waals surface area (Å²) in [6.07, 6.45) is 3.49. The molecule has 0 saturated heterocycles. The normalized spacial score (nSPS) is 15.4. The quantitative estimate of drug-likeness (QED) is 0.733. The maximum absolute atomic E-state index is 12.0. The molecule has 1 saturated carbocycles. The highest BCUT2D eigenvalue weighted by molar-refractivity contribution is 7.88. The molecule has 4 nitrogen and oxygen atoms in total. The van der Waals surface area contributed by atoms with Gasteiger partial charge in [0.2, 0.25) is 10.0 Å². The van der Waals surface area contributed by atoms with E-state index in [0.29, 0.717) is 6.54 Å². The number of nitrogens with one attached hydrogen (secondary N) is 2. The number of benzene rings is 1. The average molecular weight is 296 g/mol. The summed E-state index contributed by atoms with van der Waals surface area (Å²) in [6.45, 7) is 4.31. The fourth-order valence-electron chi connectivity index (χ4n) is 2.19. The van der Waals surface area contributed by atoms with Crippen molar-refractivity contribution < 1.29 is 8.42 Å². The third-order valence-electron chi connectivity index (χ3n) is 3.50. The minimum Gasteiger partial charge on any atom is -0.313 e. The van der Waals surface area contributed by atoms with Crippen LogP contribution in [0.3, 0.4) is 0 Å². The first-order valence-corrected chi connectivity index (χ1v) is 9.00. The highest BCUT2D eigenvalue weighted by Crippen LogP contribution is 2.31. The first-order chi connectivity index (χ1) is 9.59. The molecule has 20 heavy (non-hydrogen) atoms. The molecule has 2 N–H and O–H groups in total. The van der Waals surface area contributed by atoms with E-state index in [-0.39, 0.29) is 5.75 Å². The molecule has 0 radical (unpaired) electrons. The van der Waals surface area contributed by atoms with E-state index in [1.165, 1.54) is 12.8 Å². The third-order valence-corrected chi connectivity index (χ3v) is 4.86. The van der Waals surface area contributed by atoms with Crippen molar-refractivity contribution in [3.63, 3.8) is 0 Å². The summed E-state index contributed by atoms with van der Waals surface area (Å²) in [5, 5.41) is 3.24. The highest BCUT2D eigenvalue weighted by atomic mass is 32.2. The van der Waals surface area contributed by atoms with Gasteiger partial charge in [-0.05, 0) is 30.0 Å². The Balaban J connectivity index is 1.86. The zero-order chi connectivity index (χ0) is 14.4. The molecule has 0 unspecified atom stereocenters. The molecule has 0 spiro atoms. The number of sulfonamides is 1. The standard InChI is InChI=1S/C15H24N2O2S/c1-2-16-11-14-4-3-5-15(10-14)12-20(18,19)17-9-8-13-6-7-13/h3-5,10,13,16-17H,2,6-9,11-12H2,1H3. The molecular formula is C15H24N2O2S. The van der Waals surface area contributed by atoms with E-state index in [1.54, 1.807) is 0 Å². The molecule has 1 aliphatic rings. The first kappa shape index (κ1) is 15.5. The third kappa shape index (κ3) is 5.61. The van der Waals surface area contributed by atoms with E-state index in [1.807, 2.05) is 24.3 Å². The highest BCUT2D eigenvalue weighted by Gasteiger charge is 2.21. The van der Waals surface area contributed by atoms with Crippen molar-refractivity contribution in [3.05, 3.63) is 35.4 Å². The van der Waals surface area contributed by atoms with Crippen LogP contribution in [-0.4, -0.2) is 21.5 Å². The molecule has 112 valence electrons. The Morgan fingerprint density at radius 3 is 2.70 bits per heavy atom. The van der Waals surface area contributed by atoms with Crippen molar-refractivity contribution in [2.45, 2.75) is 38.5 Å². The lowest BCUT2D eigenvalue weighted by atomic mass is 10.1. The molecule has 0 bridgehead atoms. The fraction of sp³-hybridized carbons (Fsp3) is 0.600. The Bertz CT molecular complexity index is 524. The zero-order valence-corrected chi connectivity index (χ0v) is 12.9. The number of hydrogen-bond acceptors (Lipinski definition) is 3. The summed E-state index contributed by atoms with van der Waals surface area (Å²) in [7, 11) is -3.21. The Kier molecular flexibility index (Phi) is 5.57. The van der Waals surface area contributed by atoms with E-state index < -0.39 is 10.0 Å². The van der Waals surface area contributed by atoms with E-state index in [9.17, 15) is 8.42 Å². The summed E-state index contributed by atoms with van der Waals surface area (Å²) >= 11 is 0. The predicted octanol–water partition coefficient (Wildman–Crippen LogP) is 2.02. The molecular weight excluding hydrogens is 272 g/mol. The lowest BCUT2D eigenvalue weighted by Gasteiger charge is -2.08. The van der Waals surface area contributed by atoms with Crippen LogP contribution in [0.15, 0.2) is 24.3 Å². The zero-order valence-electron chi connectivity index (χ0n) is 12.1. The minimum atomic E-state index is -3.21. The summed E-state index contributed by atoms with van der Waals surface area (Å²) in [5.74, 6) is 0.818. The molecule has 1 aromatic rings. The average Bonchev–Trinajstić information content (AvgIpc) is 3.20. The summed E-state index contributed by atoms with van der Waals surface area (Å²) in [5.41, 5.74) is 1.97. The van der Waals surface area contributed by atoms with Gasteiger partial charge in [0, 0.05) is 13.1 Å². The number of rotatable bonds is 9. The Morgan fingerprint density at radius 1 is 1.25 bits per heavy atom. The van der Waals surface area contributed by atoms with E-state index in [0.717, 1.165) is 36.6 Å². The monoisotopic (exact) mass is 296 g/mol. The van der Waals surface area contributed by atoms with Crippen LogP contribution in [0.4, 0.5) is 0 Å². The second-order valence-electron chi connectivity index (χ2n) is 5.49. The van der Waals surface area contributed by atoms with Crippen molar-refractivity contribution in [1.29, 1.82) is 0 Å². The molecule has 0 aliphatic heterocycles. The Labute approximate surface area is 122 Å². The second-order valence-corrected chi connectivity index (χ2v) is 7.29. The first-order valence-electron chi connectivity index (χ1n) is 7.35. The van der Waals surface area contributed by atoms with Crippen LogP contribution in [0.25, 0.3) is 0 Å². The molecule has 1 aliphatic carbocycles. The van der Waals surface area contributed by atoms with Crippen LogP contribution in [0.1, 0.15) is 37.3 Å². The van der Waals surface area contributed by atoms with Gasteiger partial charge in [0.05, 0.1) is 5.75 Å². The summed E-state index contributed by atoms with van der Waals surface area (Å²) in [4.78, 5) is 0. The summed E-state index contributed by atoms with van der Waals surface area (Å²) in [6, 6.07) is 7.76. The van der Waals surface area contributed by atoms with Gasteiger partial charge in [-0.25, -0.2) is 13.1 Å². The number of hydrogen-bond donors (Lipinski definition) is 2. The van der Waals surface area contributed by atoms with Gasteiger partial charge in [-0.1, -0.05) is 44.0 Å².